The molecule has 3 aromatic carbocycles. The molecular formula is C27H26ClN3O5S. The van der Waals surface area contributed by atoms with Crippen molar-refractivity contribution >= 4 is 50.2 Å². The molecule has 2 amide bonds. The summed E-state index contributed by atoms with van der Waals surface area (Å²) in [7, 11) is -4.12. The quantitative estimate of drug-likeness (QED) is 0.300. The molecule has 4 rings (SSSR count). The van der Waals surface area contributed by atoms with Crippen LogP contribution < -0.4 is 10.0 Å². The number of aromatic nitrogens is 1. The van der Waals surface area contributed by atoms with Crippen molar-refractivity contribution in [2.75, 3.05) is 11.9 Å². The summed E-state index contributed by atoms with van der Waals surface area (Å²) < 4.78 is 34.5. The van der Waals surface area contributed by atoms with E-state index in [9.17, 15) is 18.0 Å². The maximum absolute atomic E-state index is 12.7. The van der Waals surface area contributed by atoms with Crippen molar-refractivity contribution in [3.05, 3.63) is 95.1 Å². The smallest absolute Gasteiger partial charge is 0.411 e. The Balaban J connectivity index is 1.47. The lowest BCUT2D eigenvalue weighted by molar-refractivity contribution is 0.0981. The number of nitrogens with zero attached hydrogens (tertiary/aromatic N) is 1. The van der Waals surface area contributed by atoms with Crippen LogP contribution in [0.1, 0.15) is 29.8 Å². The molecule has 2 N–H and O–H groups in total. The molecular weight excluding hydrogens is 514 g/mol. The molecule has 0 atom stereocenters. The molecule has 8 nitrogen and oxygen atoms in total. The molecule has 1 aromatic heterocycles. The standard InChI is InChI=1S/C27H26ClN3O5S/c1-18(2)17-36-27(33)29-22-7-5-6-19(14-22)16-31-13-12-20-15-21(10-11-24(20)31)26(32)30-37(34,35)25-9-4-3-8-23(25)28/h3-15,18H,16-17H2,1-2H3,(H,29,33)(H,30,32). The summed E-state index contributed by atoms with van der Waals surface area (Å²) in [5.74, 6) is -0.504. The number of carbonyl (C=O) groups is 2. The predicted octanol–water partition coefficient (Wildman–Crippen LogP) is 5.67. The zero-order valence-electron chi connectivity index (χ0n) is 20.3. The van der Waals surface area contributed by atoms with Crippen molar-refractivity contribution in [2.24, 2.45) is 5.92 Å². The maximum Gasteiger partial charge on any atom is 0.411 e. The number of hydrogen-bond donors (Lipinski definition) is 2. The van der Waals surface area contributed by atoms with E-state index in [1.54, 1.807) is 30.3 Å². The molecule has 1 heterocycles. The number of nitrogens with one attached hydrogen (secondary N) is 2. The van der Waals surface area contributed by atoms with Gasteiger partial charge in [0, 0.05) is 34.9 Å². The summed E-state index contributed by atoms with van der Waals surface area (Å²) in [4.78, 5) is 24.5. The van der Waals surface area contributed by atoms with Gasteiger partial charge in [-0.1, -0.05) is 49.7 Å². The van der Waals surface area contributed by atoms with E-state index in [4.69, 9.17) is 16.3 Å². The van der Waals surface area contributed by atoms with E-state index in [1.807, 2.05) is 48.9 Å². The van der Waals surface area contributed by atoms with Gasteiger partial charge in [0.1, 0.15) is 4.90 Å². The molecule has 0 bridgehead atoms. The number of ether oxygens (including phenoxy) is 1. The van der Waals surface area contributed by atoms with E-state index < -0.39 is 22.0 Å². The van der Waals surface area contributed by atoms with Crippen LogP contribution in [0, 0.1) is 5.92 Å². The number of halogens is 1. The Morgan fingerprint density at radius 1 is 1.00 bits per heavy atom. The third-order valence-electron chi connectivity index (χ3n) is 5.46. The van der Waals surface area contributed by atoms with Crippen molar-refractivity contribution in [3.63, 3.8) is 0 Å². The molecule has 0 unspecified atom stereocenters. The van der Waals surface area contributed by atoms with Crippen LogP contribution in [0.4, 0.5) is 10.5 Å². The first-order valence-electron chi connectivity index (χ1n) is 11.6. The number of carbonyl (C=O) groups excluding carboxylic acids is 2. The normalized spacial score (nSPS) is 11.5. The van der Waals surface area contributed by atoms with Gasteiger partial charge in [-0.05, 0) is 60.0 Å². The predicted molar refractivity (Wildman–Crippen MR) is 143 cm³/mol. The van der Waals surface area contributed by atoms with Gasteiger partial charge in [-0.3, -0.25) is 10.1 Å². The van der Waals surface area contributed by atoms with Gasteiger partial charge in [-0.2, -0.15) is 0 Å². The molecule has 0 fully saturated rings. The second-order valence-electron chi connectivity index (χ2n) is 8.90. The molecule has 192 valence electrons. The van der Waals surface area contributed by atoms with Crippen LogP contribution in [0.5, 0.6) is 0 Å². The highest BCUT2D eigenvalue weighted by atomic mass is 35.5. The molecule has 0 saturated carbocycles. The van der Waals surface area contributed by atoms with Crippen molar-refractivity contribution in [1.29, 1.82) is 0 Å². The van der Waals surface area contributed by atoms with Crippen LogP contribution >= 0.6 is 11.6 Å². The SMILES string of the molecule is CC(C)COC(=O)Nc1cccc(Cn2ccc3cc(C(=O)NS(=O)(=O)c4ccccc4Cl)ccc32)c1. The van der Waals surface area contributed by atoms with E-state index in [1.165, 1.54) is 18.2 Å². The van der Waals surface area contributed by atoms with Crippen molar-refractivity contribution in [2.45, 2.75) is 25.3 Å². The zero-order chi connectivity index (χ0) is 26.6. The minimum absolute atomic E-state index is 0.0297. The number of hydrogen-bond acceptors (Lipinski definition) is 5. The summed E-state index contributed by atoms with van der Waals surface area (Å²) in [6, 6.07) is 20.2. The molecule has 0 aliphatic rings. The van der Waals surface area contributed by atoms with Gasteiger partial charge in [0.25, 0.3) is 15.9 Å². The Bertz CT molecular complexity index is 1560. The Morgan fingerprint density at radius 2 is 1.78 bits per heavy atom. The van der Waals surface area contributed by atoms with Crippen LogP contribution in [-0.4, -0.2) is 31.6 Å². The molecule has 37 heavy (non-hydrogen) atoms. The van der Waals surface area contributed by atoms with E-state index in [0.29, 0.717) is 18.8 Å². The van der Waals surface area contributed by atoms with Crippen LogP contribution in [0.2, 0.25) is 5.02 Å². The van der Waals surface area contributed by atoms with Gasteiger partial charge >= 0.3 is 6.09 Å². The Hall–Kier alpha value is -3.82. The monoisotopic (exact) mass is 539 g/mol. The molecule has 0 aliphatic carbocycles. The fraction of sp³-hybridized carbons (Fsp3) is 0.185. The second-order valence-corrected chi connectivity index (χ2v) is 11.0. The van der Waals surface area contributed by atoms with Gasteiger partial charge in [-0.15, -0.1) is 0 Å². The summed E-state index contributed by atoms with van der Waals surface area (Å²) in [6.45, 7) is 4.79. The molecule has 0 saturated heterocycles. The first-order chi connectivity index (χ1) is 17.6. The van der Waals surface area contributed by atoms with Gasteiger partial charge in [0.2, 0.25) is 0 Å². The molecule has 0 spiro atoms. The molecule has 10 heteroatoms. The minimum Gasteiger partial charge on any atom is -0.449 e. The zero-order valence-corrected chi connectivity index (χ0v) is 21.8. The highest BCUT2D eigenvalue weighted by Crippen LogP contribution is 2.23. The van der Waals surface area contributed by atoms with E-state index in [0.717, 1.165) is 16.5 Å². The van der Waals surface area contributed by atoms with Crippen molar-refractivity contribution < 1.29 is 22.7 Å². The topological polar surface area (TPSA) is 106 Å². The lowest BCUT2D eigenvalue weighted by atomic mass is 10.1. The van der Waals surface area contributed by atoms with Gasteiger partial charge in [0.15, 0.2) is 0 Å². The molecule has 0 aliphatic heterocycles. The first-order valence-corrected chi connectivity index (χ1v) is 13.4. The number of amides is 2. The summed E-state index contributed by atoms with van der Waals surface area (Å²) >= 11 is 5.99. The average Bonchev–Trinajstić information content (AvgIpc) is 3.24. The number of anilines is 1. The summed E-state index contributed by atoms with van der Waals surface area (Å²) in [5.41, 5.74) is 2.64. The highest BCUT2D eigenvalue weighted by Gasteiger charge is 2.21. The van der Waals surface area contributed by atoms with Crippen molar-refractivity contribution in [3.8, 4) is 0 Å². The first kappa shape index (κ1) is 26.2. The van der Waals surface area contributed by atoms with Crippen LogP contribution in [-0.2, 0) is 21.3 Å². The van der Waals surface area contributed by atoms with Crippen LogP contribution in [0.25, 0.3) is 10.9 Å². The van der Waals surface area contributed by atoms with Gasteiger partial charge in [-0.25, -0.2) is 17.9 Å². The Kier molecular flexibility index (Phi) is 7.85. The Labute approximate surface area is 220 Å². The number of rotatable bonds is 8. The minimum atomic E-state index is -4.12. The number of benzene rings is 3. The largest absolute Gasteiger partial charge is 0.449 e. The average molecular weight is 540 g/mol. The van der Waals surface area contributed by atoms with E-state index >= 15 is 0 Å². The third-order valence-corrected chi connectivity index (χ3v) is 7.29. The fourth-order valence-electron chi connectivity index (χ4n) is 3.72. The number of fused-ring (bicyclic) bond motifs is 1. The molecule has 0 radical (unpaired) electrons. The lowest BCUT2D eigenvalue weighted by Gasteiger charge is -2.11. The van der Waals surface area contributed by atoms with Crippen molar-refractivity contribution in [1.82, 2.24) is 9.29 Å². The lowest BCUT2D eigenvalue weighted by Crippen LogP contribution is -2.30. The number of sulfonamides is 1. The Morgan fingerprint density at radius 3 is 2.54 bits per heavy atom. The third kappa shape index (κ3) is 6.49. The highest BCUT2D eigenvalue weighted by molar-refractivity contribution is 7.90. The summed E-state index contributed by atoms with van der Waals surface area (Å²) in [6.07, 6.45) is 1.38. The van der Waals surface area contributed by atoms with Crippen LogP contribution in [0.3, 0.4) is 0 Å². The summed E-state index contributed by atoms with van der Waals surface area (Å²) in [5, 5.41) is 3.54. The van der Waals surface area contributed by atoms with Crippen LogP contribution in [0.15, 0.2) is 83.9 Å². The van der Waals surface area contributed by atoms with Gasteiger partial charge < -0.3 is 9.30 Å². The fourth-order valence-corrected chi connectivity index (χ4v) is 5.21. The van der Waals surface area contributed by atoms with E-state index in [2.05, 4.69) is 10.0 Å². The molecule has 4 aromatic rings. The van der Waals surface area contributed by atoms with E-state index in [-0.39, 0.29) is 21.4 Å². The maximum atomic E-state index is 12.7. The second kappa shape index (κ2) is 11.1. The van der Waals surface area contributed by atoms with Gasteiger partial charge in [0.05, 0.1) is 11.6 Å².